The molecule has 2 N–H and O–H groups in total. The standard InChI is InChI=1S/C10H14N2O4S2/c1-17(13,14)9-2-4-10(5-3-9)18(15,16)12-8-6-11-7-8/h2-5,8,11-12H,6-7H2,1H3. The first kappa shape index (κ1) is 13.5. The minimum atomic E-state index is -3.57. The summed E-state index contributed by atoms with van der Waals surface area (Å²) in [5, 5.41) is 2.96. The summed E-state index contributed by atoms with van der Waals surface area (Å²) in [5.41, 5.74) is 0. The maximum atomic E-state index is 11.9. The van der Waals surface area contributed by atoms with Gasteiger partial charge in [0.1, 0.15) is 0 Å². The van der Waals surface area contributed by atoms with Crippen molar-refractivity contribution < 1.29 is 16.8 Å². The van der Waals surface area contributed by atoms with Gasteiger partial charge in [0.25, 0.3) is 0 Å². The van der Waals surface area contributed by atoms with Crippen LogP contribution in [-0.2, 0) is 19.9 Å². The SMILES string of the molecule is CS(=O)(=O)c1ccc(S(=O)(=O)NC2CNC2)cc1. The molecule has 0 spiro atoms. The van der Waals surface area contributed by atoms with E-state index in [0.29, 0.717) is 13.1 Å². The van der Waals surface area contributed by atoms with Gasteiger partial charge >= 0.3 is 0 Å². The lowest BCUT2D eigenvalue weighted by Gasteiger charge is -2.27. The van der Waals surface area contributed by atoms with Crippen molar-refractivity contribution in [2.45, 2.75) is 15.8 Å². The third-order valence-corrected chi connectivity index (χ3v) is 5.33. The number of hydrogen-bond donors (Lipinski definition) is 2. The summed E-state index contributed by atoms with van der Waals surface area (Å²) >= 11 is 0. The number of nitrogens with one attached hydrogen (secondary N) is 2. The second-order valence-electron chi connectivity index (χ2n) is 4.22. The molecular formula is C10H14N2O4S2. The molecule has 0 aliphatic carbocycles. The molecule has 0 aromatic heterocycles. The molecule has 0 unspecified atom stereocenters. The normalized spacial score (nSPS) is 17.4. The van der Waals surface area contributed by atoms with Gasteiger partial charge in [-0.1, -0.05) is 0 Å². The predicted octanol–water partition coefficient (Wildman–Crippen LogP) is -0.660. The Morgan fingerprint density at radius 1 is 1.06 bits per heavy atom. The van der Waals surface area contributed by atoms with Gasteiger partial charge in [-0.15, -0.1) is 0 Å². The van der Waals surface area contributed by atoms with E-state index in [9.17, 15) is 16.8 Å². The fourth-order valence-corrected chi connectivity index (χ4v) is 3.39. The maximum absolute atomic E-state index is 11.9. The Bertz CT molecular complexity index is 631. The average molecular weight is 290 g/mol. The number of sulfonamides is 1. The maximum Gasteiger partial charge on any atom is 0.240 e. The van der Waals surface area contributed by atoms with Crippen LogP contribution in [-0.4, -0.2) is 42.2 Å². The van der Waals surface area contributed by atoms with Gasteiger partial charge in [0.2, 0.25) is 10.0 Å². The molecule has 6 nitrogen and oxygen atoms in total. The number of rotatable bonds is 4. The van der Waals surface area contributed by atoms with Crippen molar-refractivity contribution in [2.75, 3.05) is 19.3 Å². The van der Waals surface area contributed by atoms with E-state index in [0.717, 1.165) is 6.26 Å². The highest BCUT2D eigenvalue weighted by molar-refractivity contribution is 7.90. The first-order chi connectivity index (χ1) is 8.29. The second-order valence-corrected chi connectivity index (χ2v) is 7.95. The molecule has 0 bridgehead atoms. The molecule has 8 heteroatoms. The molecule has 1 fully saturated rings. The first-order valence-electron chi connectivity index (χ1n) is 5.32. The summed E-state index contributed by atoms with van der Waals surface area (Å²) in [6.45, 7) is 1.22. The van der Waals surface area contributed by atoms with Gasteiger partial charge in [-0.05, 0) is 24.3 Å². The van der Waals surface area contributed by atoms with Gasteiger partial charge in [0, 0.05) is 25.4 Å². The summed E-state index contributed by atoms with van der Waals surface area (Å²) in [6, 6.07) is 5.09. The molecule has 0 radical (unpaired) electrons. The smallest absolute Gasteiger partial charge is 0.240 e. The monoisotopic (exact) mass is 290 g/mol. The lowest BCUT2D eigenvalue weighted by Crippen LogP contribution is -2.56. The molecule has 1 heterocycles. The van der Waals surface area contributed by atoms with E-state index in [1.54, 1.807) is 0 Å². The van der Waals surface area contributed by atoms with Gasteiger partial charge in [-0.2, -0.15) is 0 Å². The summed E-state index contributed by atoms with van der Waals surface area (Å²) < 4.78 is 48.9. The molecule has 0 amide bonds. The van der Waals surface area contributed by atoms with E-state index < -0.39 is 19.9 Å². The largest absolute Gasteiger partial charge is 0.313 e. The molecule has 2 rings (SSSR count). The zero-order chi connectivity index (χ0) is 13.4. The van der Waals surface area contributed by atoms with Crippen LogP contribution in [0, 0.1) is 0 Å². The fraction of sp³-hybridized carbons (Fsp3) is 0.400. The van der Waals surface area contributed by atoms with Crippen molar-refractivity contribution in [3.8, 4) is 0 Å². The van der Waals surface area contributed by atoms with Gasteiger partial charge in [-0.25, -0.2) is 21.6 Å². The Morgan fingerprint density at radius 2 is 1.56 bits per heavy atom. The Morgan fingerprint density at radius 3 is 1.94 bits per heavy atom. The third kappa shape index (κ3) is 2.89. The summed E-state index contributed by atoms with van der Waals surface area (Å²) in [7, 11) is -6.87. The molecule has 18 heavy (non-hydrogen) atoms. The van der Waals surface area contributed by atoms with Crippen LogP contribution < -0.4 is 10.0 Å². The topological polar surface area (TPSA) is 92.3 Å². The molecule has 1 aliphatic rings. The van der Waals surface area contributed by atoms with Crippen LogP contribution in [0.4, 0.5) is 0 Å². The van der Waals surface area contributed by atoms with E-state index in [-0.39, 0.29) is 15.8 Å². The molecule has 0 atom stereocenters. The van der Waals surface area contributed by atoms with E-state index in [2.05, 4.69) is 10.0 Å². The van der Waals surface area contributed by atoms with Crippen molar-refractivity contribution in [1.82, 2.24) is 10.0 Å². The molecular weight excluding hydrogens is 276 g/mol. The van der Waals surface area contributed by atoms with Crippen molar-refractivity contribution in [2.24, 2.45) is 0 Å². The van der Waals surface area contributed by atoms with Gasteiger partial charge < -0.3 is 5.32 Å². The second kappa shape index (κ2) is 4.61. The summed E-state index contributed by atoms with van der Waals surface area (Å²) in [6.07, 6.45) is 1.08. The van der Waals surface area contributed by atoms with Gasteiger partial charge in [0.05, 0.1) is 9.79 Å². The van der Waals surface area contributed by atoms with Gasteiger partial charge in [-0.3, -0.25) is 0 Å². The van der Waals surface area contributed by atoms with E-state index in [4.69, 9.17) is 0 Å². The van der Waals surface area contributed by atoms with Gasteiger partial charge in [0.15, 0.2) is 9.84 Å². The average Bonchev–Trinajstić information content (AvgIpc) is 2.23. The highest BCUT2D eigenvalue weighted by Gasteiger charge is 2.24. The first-order valence-corrected chi connectivity index (χ1v) is 8.70. The van der Waals surface area contributed by atoms with Crippen molar-refractivity contribution in [3.05, 3.63) is 24.3 Å². The van der Waals surface area contributed by atoms with Crippen molar-refractivity contribution in [1.29, 1.82) is 0 Å². The molecule has 1 aromatic carbocycles. The molecule has 1 aliphatic heterocycles. The van der Waals surface area contributed by atoms with Crippen LogP contribution in [0.2, 0.25) is 0 Å². The zero-order valence-corrected chi connectivity index (χ0v) is 11.4. The fourth-order valence-electron chi connectivity index (χ4n) is 1.53. The minimum absolute atomic E-state index is 0.0711. The molecule has 1 saturated heterocycles. The van der Waals surface area contributed by atoms with Crippen LogP contribution >= 0.6 is 0 Å². The quantitative estimate of drug-likeness (QED) is 0.768. The zero-order valence-electron chi connectivity index (χ0n) is 9.75. The van der Waals surface area contributed by atoms with Crippen molar-refractivity contribution in [3.63, 3.8) is 0 Å². The summed E-state index contributed by atoms with van der Waals surface area (Å²) in [4.78, 5) is 0.175. The van der Waals surface area contributed by atoms with E-state index >= 15 is 0 Å². The Kier molecular flexibility index (Phi) is 3.45. The third-order valence-electron chi connectivity index (χ3n) is 2.67. The van der Waals surface area contributed by atoms with Crippen LogP contribution in [0.15, 0.2) is 34.1 Å². The highest BCUT2D eigenvalue weighted by atomic mass is 32.2. The van der Waals surface area contributed by atoms with E-state index in [1.807, 2.05) is 0 Å². The molecule has 1 aromatic rings. The predicted molar refractivity (Wildman–Crippen MR) is 66.5 cm³/mol. The number of hydrogen-bond acceptors (Lipinski definition) is 5. The van der Waals surface area contributed by atoms with Crippen LogP contribution in [0.25, 0.3) is 0 Å². The lowest BCUT2D eigenvalue weighted by molar-refractivity contribution is 0.410. The Labute approximate surface area is 106 Å². The summed E-state index contributed by atoms with van der Waals surface area (Å²) in [5.74, 6) is 0. The lowest BCUT2D eigenvalue weighted by atomic mass is 10.2. The van der Waals surface area contributed by atoms with Crippen molar-refractivity contribution >= 4 is 19.9 Å². The van der Waals surface area contributed by atoms with Crippen LogP contribution in [0.3, 0.4) is 0 Å². The Hall–Kier alpha value is -0.960. The molecule has 100 valence electrons. The van der Waals surface area contributed by atoms with Crippen LogP contribution in [0.5, 0.6) is 0 Å². The van der Waals surface area contributed by atoms with Crippen LogP contribution in [0.1, 0.15) is 0 Å². The Balaban J connectivity index is 2.23. The van der Waals surface area contributed by atoms with E-state index in [1.165, 1.54) is 24.3 Å². The number of sulfone groups is 1. The minimum Gasteiger partial charge on any atom is -0.313 e. The number of benzene rings is 1. The highest BCUT2D eigenvalue weighted by Crippen LogP contribution is 2.14. The molecule has 0 saturated carbocycles.